The normalized spacial score (nSPS) is 11.7. The first-order valence-electron chi connectivity index (χ1n) is 15.1. The SMILES string of the molecule is CC(C)(C)c1ccc(C(=O)Nc2ccc(Br)cc2C(=O)NC(Cc2ccc(-c3ccc(Oc4ccccc4)cc3)cc2)C(=O)O)cc1. The molecule has 0 bridgehead atoms. The number of hydrogen-bond donors (Lipinski definition) is 3. The van der Waals surface area contributed by atoms with Crippen molar-refractivity contribution < 1.29 is 24.2 Å². The summed E-state index contributed by atoms with van der Waals surface area (Å²) in [5.74, 6) is -0.690. The fourth-order valence-corrected chi connectivity index (χ4v) is 5.34. The molecular weight excluding hydrogens is 656 g/mol. The highest BCUT2D eigenvalue weighted by molar-refractivity contribution is 9.10. The van der Waals surface area contributed by atoms with E-state index < -0.39 is 17.9 Å². The molecule has 0 aliphatic carbocycles. The number of hydrogen-bond acceptors (Lipinski definition) is 4. The molecule has 1 atom stereocenters. The van der Waals surface area contributed by atoms with Gasteiger partial charge >= 0.3 is 5.97 Å². The number of carbonyl (C=O) groups is 3. The standard InChI is InChI=1S/C39H35BrN2O5/c1-39(2,3)29-17-13-28(14-18-29)36(43)41-34-22-19-30(40)24-33(34)37(44)42-35(38(45)46)23-25-9-11-26(12-10-25)27-15-20-32(21-16-27)47-31-7-5-4-6-8-31/h4-22,24,35H,23H2,1-3H3,(H,41,43)(H,42,44)(H,45,46). The quantitative estimate of drug-likeness (QED) is 0.136. The van der Waals surface area contributed by atoms with Crippen LogP contribution in [0.2, 0.25) is 0 Å². The molecule has 8 heteroatoms. The van der Waals surface area contributed by atoms with Crippen LogP contribution in [0.25, 0.3) is 11.1 Å². The van der Waals surface area contributed by atoms with E-state index in [0.717, 1.165) is 33.8 Å². The van der Waals surface area contributed by atoms with Gasteiger partial charge in [-0.2, -0.15) is 0 Å². The minimum atomic E-state index is -1.20. The Labute approximate surface area is 282 Å². The summed E-state index contributed by atoms with van der Waals surface area (Å²) in [7, 11) is 0. The Morgan fingerprint density at radius 3 is 1.94 bits per heavy atom. The third kappa shape index (κ3) is 8.74. The molecule has 0 fully saturated rings. The Kier molecular flexibility index (Phi) is 10.2. The number of carboxylic acid groups (broad SMARTS) is 1. The maximum Gasteiger partial charge on any atom is 0.326 e. The smallest absolute Gasteiger partial charge is 0.326 e. The van der Waals surface area contributed by atoms with E-state index in [0.29, 0.717) is 10.0 Å². The molecule has 5 aromatic rings. The maximum atomic E-state index is 13.4. The molecule has 0 radical (unpaired) electrons. The molecule has 238 valence electrons. The highest BCUT2D eigenvalue weighted by Gasteiger charge is 2.24. The molecule has 5 rings (SSSR count). The van der Waals surface area contributed by atoms with Crippen LogP contribution in [-0.4, -0.2) is 28.9 Å². The molecule has 3 N–H and O–H groups in total. The molecule has 2 amide bonds. The first kappa shape index (κ1) is 33.2. The van der Waals surface area contributed by atoms with Gasteiger partial charge in [-0.05, 0) is 82.3 Å². The highest BCUT2D eigenvalue weighted by atomic mass is 79.9. The summed E-state index contributed by atoms with van der Waals surface area (Å²) in [6.45, 7) is 6.28. The van der Waals surface area contributed by atoms with Gasteiger partial charge in [-0.15, -0.1) is 0 Å². The molecule has 7 nitrogen and oxygen atoms in total. The van der Waals surface area contributed by atoms with Crippen molar-refractivity contribution in [3.05, 3.63) is 148 Å². The molecule has 1 unspecified atom stereocenters. The zero-order valence-electron chi connectivity index (χ0n) is 26.3. The van der Waals surface area contributed by atoms with Crippen molar-refractivity contribution in [3.8, 4) is 22.6 Å². The Morgan fingerprint density at radius 2 is 1.34 bits per heavy atom. The average Bonchev–Trinajstić information content (AvgIpc) is 3.06. The fourth-order valence-electron chi connectivity index (χ4n) is 4.97. The van der Waals surface area contributed by atoms with Crippen molar-refractivity contribution in [2.24, 2.45) is 0 Å². The number of aliphatic carboxylic acids is 1. The second-order valence-electron chi connectivity index (χ2n) is 12.2. The molecule has 0 saturated carbocycles. The summed E-state index contributed by atoms with van der Waals surface area (Å²) in [5.41, 5.74) is 4.56. The van der Waals surface area contributed by atoms with E-state index in [1.54, 1.807) is 30.3 Å². The second kappa shape index (κ2) is 14.5. The lowest BCUT2D eigenvalue weighted by Gasteiger charge is -2.19. The number of carboxylic acids is 1. The van der Waals surface area contributed by atoms with Gasteiger partial charge in [-0.3, -0.25) is 9.59 Å². The Morgan fingerprint density at radius 1 is 0.745 bits per heavy atom. The van der Waals surface area contributed by atoms with Gasteiger partial charge < -0.3 is 20.5 Å². The van der Waals surface area contributed by atoms with Gasteiger partial charge in [-0.1, -0.05) is 103 Å². The molecular formula is C39H35BrN2O5. The minimum Gasteiger partial charge on any atom is -0.480 e. The lowest BCUT2D eigenvalue weighted by Crippen LogP contribution is -2.42. The zero-order valence-corrected chi connectivity index (χ0v) is 27.9. The van der Waals surface area contributed by atoms with Crippen LogP contribution in [0.4, 0.5) is 5.69 Å². The van der Waals surface area contributed by atoms with E-state index in [2.05, 4.69) is 47.3 Å². The summed E-state index contributed by atoms with van der Waals surface area (Å²) < 4.78 is 6.48. The lowest BCUT2D eigenvalue weighted by molar-refractivity contribution is -0.139. The van der Waals surface area contributed by atoms with Crippen LogP contribution in [0.5, 0.6) is 11.5 Å². The average molecular weight is 692 g/mol. The van der Waals surface area contributed by atoms with Gasteiger partial charge in [0.05, 0.1) is 11.3 Å². The van der Waals surface area contributed by atoms with Crippen molar-refractivity contribution in [1.82, 2.24) is 5.32 Å². The monoisotopic (exact) mass is 690 g/mol. The Hall–Kier alpha value is -5.21. The number of amides is 2. The Bertz CT molecular complexity index is 1870. The molecule has 0 aliphatic rings. The zero-order chi connectivity index (χ0) is 33.6. The molecule has 0 aromatic heterocycles. The summed E-state index contributed by atoms with van der Waals surface area (Å²) in [4.78, 5) is 38.7. The van der Waals surface area contributed by atoms with Crippen molar-refractivity contribution in [2.75, 3.05) is 5.32 Å². The molecule has 0 heterocycles. The van der Waals surface area contributed by atoms with Gasteiger partial charge in [-0.25, -0.2) is 4.79 Å². The molecule has 0 saturated heterocycles. The van der Waals surface area contributed by atoms with Gasteiger partial charge in [0, 0.05) is 16.5 Å². The molecule has 0 aliphatic heterocycles. The van der Waals surface area contributed by atoms with E-state index >= 15 is 0 Å². The first-order chi connectivity index (χ1) is 22.5. The topological polar surface area (TPSA) is 105 Å². The Balaban J connectivity index is 1.25. The predicted molar refractivity (Wildman–Crippen MR) is 188 cm³/mol. The molecule has 0 spiro atoms. The number of rotatable bonds is 10. The third-order valence-electron chi connectivity index (χ3n) is 7.65. The number of para-hydroxylation sites is 1. The lowest BCUT2D eigenvalue weighted by atomic mass is 9.86. The molecule has 47 heavy (non-hydrogen) atoms. The van der Waals surface area contributed by atoms with Crippen LogP contribution in [0.3, 0.4) is 0 Å². The van der Waals surface area contributed by atoms with Crippen LogP contribution in [-0.2, 0) is 16.6 Å². The van der Waals surface area contributed by atoms with Crippen molar-refractivity contribution in [2.45, 2.75) is 38.6 Å². The third-order valence-corrected chi connectivity index (χ3v) is 8.14. The van der Waals surface area contributed by atoms with E-state index in [4.69, 9.17) is 4.74 Å². The van der Waals surface area contributed by atoms with Crippen LogP contribution in [0.1, 0.15) is 52.6 Å². The van der Waals surface area contributed by atoms with Crippen LogP contribution < -0.4 is 15.4 Å². The minimum absolute atomic E-state index is 0.0558. The van der Waals surface area contributed by atoms with Gasteiger partial charge in [0.2, 0.25) is 0 Å². The summed E-state index contributed by atoms with van der Waals surface area (Å²) >= 11 is 3.38. The van der Waals surface area contributed by atoms with Crippen molar-refractivity contribution >= 4 is 39.4 Å². The number of nitrogens with one attached hydrogen (secondary N) is 2. The van der Waals surface area contributed by atoms with Gasteiger partial charge in [0.1, 0.15) is 17.5 Å². The number of anilines is 1. The van der Waals surface area contributed by atoms with Crippen molar-refractivity contribution in [1.29, 1.82) is 0 Å². The summed E-state index contributed by atoms with van der Waals surface area (Å²) in [6.07, 6.45) is 0.0705. The summed E-state index contributed by atoms with van der Waals surface area (Å²) in [6, 6.07) is 35.8. The summed E-state index contributed by atoms with van der Waals surface area (Å²) in [5, 5.41) is 15.4. The largest absolute Gasteiger partial charge is 0.480 e. The first-order valence-corrected chi connectivity index (χ1v) is 15.9. The second-order valence-corrected chi connectivity index (χ2v) is 13.1. The van der Waals surface area contributed by atoms with E-state index in [9.17, 15) is 19.5 Å². The van der Waals surface area contributed by atoms with E-state index in [1.165, 1.54) is 0 Å². The number of carbonyl (C=O) groups excluding carboxylic acids is 2. The number of halogens is 1. The van der Waals surface area contributed by atoms with E-state index in [-0.39, 0.29) is 29.0 Å². The molecule has 5 aromatic carbocycles. The van der Waals surface area contributed by atoms with Crippen LogP contribution in [0, 0.1) is 0 Å². The highest BCUT2D eigenvalue weighted by Crippen LogP contribution is 2.27. The van der Waals surface area contributed by atoms with Gasteiger partial charge in [0.25, 0.3) is 11.8 Å². The fraction of sp³-hybridized carbons (Fsp3) is 0.154. The van der Waals surface area contributed by atoms with Crippen molar-refractivity contribution in [3.63, 3.8) is 0 Å². The number of benzene rings is 5. The van der Waals surface area contributed by atoms with Crippen LogP contribution >= 0.6 is 15.9 Å². The maximum absolute atomic E-state index is 13.4. The van der Waals surface area contributed by atoms with Crippen LogP contribution in [0.15, 0.2) is 126 Å². The predicted octanol–water partition coefficient (Wildman–Crippen LogP) is 8.88. The van der Waals surface area contributed by atoms with Gasteiger partial charge in [0.15, 0.2) is 0 Å². The van der Waals surface area contributed by atoms with E-state index in [1.807, 2.05) is 91.0 Å². The number of ether oxygens (including phenoxy) is 1.